The quantitative estimate of drug-likeness (QED) is 0.519. The zero-order valence-corrected chi connectivity index (χ0v) is 9.34. The molecule has 0 aliphatic rings. The number of benzene rings is 1. The van der Waals surface area contributed by atoms with E-state index >= 15 is 0 Å². The average molecular weight is 286 g/mol. The minimum Gasteiger partial charge on any atom is -0.508 e. The van der Waals surface area contributed by atoms with Gasteiger partial charge in [0.15, 0.2) is 0 Å². The number of ether oxygens (including phenoxy) is 1. The molecule has 0 atom stereocenters. The van der Waals surface area contributed by atoms with Gasteiger partial charge in [-0.2, -0.15) is 8.42 Å². The van der Waals surface area contributed by atoms with Gasteiger partial charge in [0.25, 0.3) is 0 Å². The average Bonchev–Trinajstić information content (AvgIpc) is 2.03. The monoisotopic (exact) mass is 285 g/mol. The number of hydrogen-bond donors (Lipinski definition) is 3. The Labute approximate surface area is 97.9 Å². The maximum absolute atomic E-state index is 8.80. The van der Waals surface area contributed by atoms with E-state index in [1.54, 1.807) is 31.4 Å². The van der Waals surface area contributed by atoms with E-state index in [1.165, 1.54) is 0 Å². The first-order valence-electron chi connectivity index (χ1n) is 3.36. The van der Waals surface area contributed by atoms with Crippen LogP contribution < -0.4 is 4.74 Å². The number of methoxy groups -OCH3 is 1. The molecule has 0 spiro atoms. The van der Waals surface area contributed by atoms with Gasteiger partial charge in [-0.3, -0.25) is 9.11 Å². The fourth-order valence-electron chi connectivity index (χ4n) is 0.582. The van der Waals surface area contributed by atoms with Crippen molar-refractivity contribution in [2.75, 3.05) is 7.11 Å². The molecular formula is C7H10CuO6S. The summed E-state index contributed by atoms with van der Waals surface area (Å²) < 4.78 is 36.4. The third kappa shape index (κ3) is 13.2. The number of phenols is 1. The molecule has 0 amide bonds. The van der Waals surface area contributed by atoms with Crippen LogP contribution in [-0.2, 0) is 27.5 Å². The van der Waals surface area contributed by atoms with E-state index < -0.39 is 10.4 Å². The van der Waals surface area contributed by atoms with E-state index in [0.717, 1.165) is 5.75 Å². The van der Waals surface area contributed by atoms with Crippen molar-refractivity contribution in [1.29, 1.82) is 0 Å². The summed E-state index contributed by atoms with van der Waals surface area (Å²) in [7, 11) is -3.08. The topological polar surface area (TPSA) is 104 Å². The van der Waals surface area contributed by atoms with Crippen LogP contribution in [0.1, 0.15) is 0 Å². The predicted octanol–water partition coefficient (Wildman–Crippen LogP) is 0.746. The number of rotatable bonds is 1. The Morgan fingerprint density at radius 3 is 1.73 bits per heavy atom. The van der Waals surface area contributed by atoms with Crippen LogP contribution >= 0.6 is 0 Å². The van der Waals surface area contributed by atoms with E-state index in [9.17, 15) is 0 Å². The summed E-state index contributed by atoms with van der Waals surface area (Å²) in [5.74, 6) is 1.02. The molecule has 0 aliphatic carbocycles. The van der Waals surface area contributed by atoms with Crippen LogP contribution in [0.2, 0.25) is 0 Å². The fourth-order valence-corrected chi connectivity index (χ4v) is 0.582. The van der Waals surface area contributed by atoms with Crippen LogP contribution in [0.4, 0.5) is 0 Å². The smallest absolute Gasteiger partial charge is 0.394 e. The van der Waals surface area contributed by atoms with Gasteiger partial charge >= 0.3 is 10.4 Å². The van der Waals surface area contributed by atoms with E-state index in [2.05, 4.69) is 0 Å². The SMILES string of the molecule is COc1ccc(O)cc1.O=S(=O)(O)O.[Cu]. The van der Waals surface area contributed by atoms with Crippen molar-refractivity contribution in [3.05, 3.63) is 24.3 Å². The minimum absolute atomic E-state index is 0. The molecule has 1 radical (unpaired) electrons. The number of aromatic hydroxyl groups is 1. The molecule has 3 N–H and O–H groups in total. The van der Waals surface area contributed by atoms with Crippen LogP contribution in [0.15, 0.2) is 24.3 Å². The summed E-state index contributed by atoms with van der Waals surface area (Å²) in [6, 6.07) is 6.57. The molecule has 1 aromatic carbocycles. The van der Waals surface area contributed by atoms with Gasteiger partial charge in [-0.15, -0.1) is 0 Å². The van der Waals surface area contributed by atoms with Crippen molar-refractivity contribution in [1.82, 2.24) is 0 Å². The van der Waals surface area contributed by atoms with E-state index in [-0.39, 0.29) is 22.8 Å². The molecule has 1 aromatic rings. The molecule has 15 heavy (non-hydrogen) atoms. The standard InChI is InChI=1S/C7H8O2.Cu.H2O4S/c1-9-7-4-2-6(8)3-5-7;;1-5(2,3)4/h2-5,8H,1H3;;(H2,1,2,3,4). The van der Waals surface area contributed by atoms with Gasteiger partial charge < -0.3 is 9.84 Å². The maximum atomic E-state index is 8.80. The molecule has 0 saturated heterocycles. The Morgan fingerprint density at radius 2 is 1.47 bits per heavy atom. The summed E-state index contributed by atoms with van der Waals surface area (Å²) >= 11 is 0. The van der Waals surface area contributed by atoms with Gasteiger partial charge in [0.05, 0.1) is 7.11 Å². The zero-order valence-electron chi connectivity index (χ0n) is 7.59. The summed E-state index contributed by atoms with van der Waals surface area (Å²) in [6.07, 6.45) is 0. The molecule has 0 unspecified atom stereocenters. The first-order valence-corrected chi connectivity index (χ1v) is 4.75. The van der Waals surface area contributed by atoms with Crippen molar-refractivity contribution in [2.24, 2.45) is 0 Å². The Kier molecular flexibility index (Phi) is 8.31. The summed E-state index contributed by atoms with van der Waals surface area (Å²) in [5.41, 5.74) is 0. The third-order valence-corrected chi connectivity index (χ3v) is 1.07. The normalized spacial score (nSPS) is 9.27. The molecule has 0 aliphatic heterocycles. The molecule has 0 heterocycles. The molecule has 8 heteroatoms. The van der Waals surface area contributed by atoms with Gasteiger partial charge in [0.1, 0.15) is 11.5 Å². The van der Waals surface area contributed by atoms with Gasteiger partial charge in [-0.1, -0.05) is 0 Å². The molecule has 0 fully saturated rings. The van der Waals surface area contributed by atoms with E-state index in [1.807, 2.05) is 0 Å². The van der Waals surface area contributed by atoms with Crippen molar-refractivity contribution < 1.29 is 44.4 Å². The molecule has 6 nitrogen and oxygen atoms in total. The van der Waals surface area contributed by atoms with Gasteiger partial charge in [-0.05, 0) is 24.3 Å². The van der Waals surface area contributed by atoms with Crippen molar-refractivity contribution in [2.45, 2.75) is 0 Å². The van der Waals surface area contributed by atoms with Crippen LogP contribution in [0.25, 0.3) is 0 Å². The number of hydrogen-bond acceptors (Lipinski definition) is 4. The van der Waals surface area contributed by atoms with Crippen LogP contribution in [0, 0.1) is 0 Å². The maximum Gasteiger partial charge on any atom is 0.394 e. The molecule has 0 saturated carbocycles. The Hall–Kier alpha value is -0.791. The zero-order chi connectivity index (χ0) is 11.2. The van der Waals surface area contributed by atoms with Crippen molar-refractivity contribution in [3.8, 4) is 11.5 Å². The van der Waals surface area contributed by atoms with E-state index in [4.69, 9.17) is 27.4 Å². The predicted molar refractivity (Wildman–Crippen MR) is 48.8 cm³/mol. The number of phenolic OH excluding ortho intramolecular Hbond substituents is 1. The fraction of sp³-hybridized carbons (Fsp3) is 0.143. The van der Waals surface area contributed by atoms with Gasteiger partial charge in [0.2, 0.25) is 0 Å². The van der Waals surface area contributed by atoms with Gasteiger partial charge in [-0.25, -0.2) is 0 Å². The minimum atomic E-state index is -4.67. The van der Waals surface area contributed by atoms with E-state index in [0.29, 0.717) is 0 Å². The second kappa shape index (κ2) is 7.49. The first-order chi connectivity index (χ1) is 6.33. The molecule has 0 aromatic heterocycles. The van der Waals surface area contributed by atoms with Gasteiger partial charge in [0, 0.05) is 17.1 Å². The van der Waals surface area contributed by atoms with Crippen LogP contribution in [0.3, 0.4) is 0 Å². The van der Waals surface area contributed by atoms with Crippen LogP contribution in [-0.4, -0.2) is 29.7 Å². The Bertz CT molecular complexity index is 352. The Morgan fingerprint density at radius 1 is 1.13 bits per heavy atom. The second-order valence-corrected chi connectivity index (χ2v) is 3.04. The van der Waals surface area contributed by atoms with Crippen LogP contribution in [0.5, 0.6) is 11.5 Å². The summed E-state index contributed by atoms with van der Waals surface area (Å²) in [5, 5.41) is 8.80. The first kappa shape index (κ1) is 16.6. The third-order valence-electron chi connectivity index (χ3n) is 1.07. The largest absolute Gasteiger partial charge is 0.508 e. The molecular weight excluding hydrogens is 276 g/mol. The second-order valence-electron chi connectivity index (χ2n) is 2.15. The van der Waals surface area contributed by atoms with Crippen molar-refractivity contribution >= 4 is 10.4 Å². The van der Waals surface area contributed by atoms with Crippen molar-refractivity contribution in [3.63, 3.8) is 0 Å². The Balaban J connectivity index is 0. The molecule has 91 valence electrons. The molecule has 0 bridgehead atoms. The summed E-state index contributed by atoms with van der Waals surface area (Å²) in [6.45, 7) is 0. The summed E-state index contributed by atoms with van der Waals surface area (Å²) in [4.78, 5) is 0. The molecule has 1 rings (SSSR count).